The summed E-state index contributed by atoms with van der Waals surface area (Å²) in [6.07, 6.45) is 1.39. The number of rotatable bonds is 7. The van der Waals surface area contributed by atoms with Crippen LogP contribution in [0.25, 0.3) is 0 Å². The molecule has 0 bridgehead atoms. The lowest BCUT2D eigenvalue weighted by Crippen LogP contribution is -2.26. The van der Waals surface area contributed by atoms with Crippen LogP contribution in [0.5, 0.6) is 5.75 Å². The minimum Gasteiger partial charge on any atom is -0.496 e. The van der Waals surface area contributed by atoms with Crippen molar-refractivity contribution in [3.8, 4) is 5.75 Å². The SMILES string of the molecule is CCc1cc(CNC(=O)CC(C)CN)ccc1OC. The smallest absolute Gasteiger partial charge is 0.220 e. The van der Waals surface area contributed by atoms with Gasteiger partial charge in [-0.05, 0) is 36.1 Å². The molecule has 0 radical (unpaired) electrons. The number of hydrogen-bond donors (Lipinski definition) is 2. The second-order valence-electron chi connectivity index (χ2n) is 4.82. The van der Waals surface area contributed by atoms with Gasteiger partial charge in [-0.2, -0.15) is 0 Å². The zero-order valence-corrected chi connectivity index (χ0v) is 12.0. The van der Waals surface area contributed by atoms with Crippen molar-refractivity contribution in [2.24, 2.45) is 11.7 Å². The summed E-state index contributed by atoms with van der Waals surface area (Å²) < 4.78 is 5.28. The molecular formula is C15H24N2O2. The van der Waals surface area contributed by atoms with Crippen molar-refractivity contribution < 1.29 is 9.53 Å². The second-order valence-corrected chi connectivity index (χ2v) is 4.82. The molecule has 1 aromatic rings. The summed E-state index contributed by atoms with van der Waals surface area (Å²) in [7, 11) is 1.67. The van der Waals surface area contributed by atoms with Gasteiger partial charge >= 0.3 is 0 Å². The Labute approximate surface area is 115 Å². The molecule has 0 spiro atoms. The highest BCUT2D eigenvalue weighted by atomic mass is 16.5. The molecule has 0 aromatic heterocycles. The Balaban J connectivity index is 2.56. The van der Waals surface area contributed by atoms with E-state index < -0.39 is 0 Å². The number of nitrogens with one attached hydrogen (secondary N) is 1. The fraction of sp³-hybridized carbons (Fsp3) is 0.533. The first-order valence-corrected chi connectivity index (χ1v) is 6.73. The second kappa shape index (κ2) is 7.79. The van der Waals surface area contributed by atoms with E-state index in [4.69, 9.17) is 10.5 Å². The summed E-state index contributed by atoms with van der Waals surface area (Å²) in [6.45, 7) is 5.15. The van der Waals surface area contributed by atoms with Crippen LogP contribution in [0, 0.1) is 5.92 Å². The Kier molecular flexibility index (Phi) is 6.36. The van der Waals surface area contributed by atoms with Crippen molar-refractivity contribution in [1.82, 2.24) is 5.32 Å². The topological polar surface area (TPSA) is 64.4 Å². The van der Waals surface area contributed by atoms with Gasteiger partial charge in [0.1, 0.15) is 5.75 Å². The van der Waals surface area contributed by atoms with Gasteiger partial charge in [0.05, 0.1) is 7.11 Å². The molecule has 4 nitrogen and oxygen atoms in total. The van der Waals surface area contributed by atoms with E-state index in [-0.39, 0.29) is 11.8 Å². The quantitative estimate of drug-likeness (QED) is 0.790. The van der Waals surface area contributed by atoms with Crippen molar-refractivity contribution in [3.63, 3.8) is 0 Å². The van der Waals surface area contributed by atoms with Crippen molar-refractivity contribution >= 4 is 5.91 Å². The third kappa shape index (κ3) is 4.91. The summed E-state index contributed by atoms with van der Waals surface area (Å²) >= 11 is 0. The van der Waals surface area contributed by atoms with E-state index >= 15 is 0 Å². The average molecular weight is 264 g/mol. The van der Waals surface area contributed by atoms with Gasteiger partial charge in [-0.3, -0.25) is 4.79 Å². The summed E-state index contributed by atoms with van der Waals surface area (Å²) in [5.74, 6) is 1.17. The van der Waals surface area contributed by atoms with Crippen molar-refractivity contribution in [1.29, 1.82) is 0 Å². The Morgan fingerprint density at radius 1 is 1.47 bits per heavy atom. The zero-order chi connectivity index (χ0) is 14.3. The monoisotopic (exact) mass is 264 g/mol. The maximum Gasteiger partial charge on any atom is 0.220 e. The number of methoxy groups -OCH3 is 1. The van der Waals surface area contributed by atoms with Gasteiger partial charge in [0.25, 0.3) is 0 Å². The molecule has 3 N–H and O–H groups in total. The molecule has 19 heavy (non-hydrogen) atoms. The number of carbonyl (C=O) groups excluding carboxylic acids is 1. The first-order valence-electron chi connectivity index (χ1n) is 6.73. The molecule has 1 unspecified atom stereocenters. The van der Waals surface area contributed by atoms with Crippen molar-refractivity contribution in [2.45, 2.75) is 33.2 Å². The predicted molar refractivity (Wildman–Crippen MR) is 77.1 cm³/mol. The Hall–Kier alpha value is -1.55. The third-order valence-electron chi connectivity index (χ3n) is 3.15. The third-order valence-corrected chi connectivity index (χ3v) is 3.15. The lowest BCUT2D eigenvalue weighted by atomic mass is 10.1. The van der Waals surface area contributed by atoms with E-state index in [0.717, 1.165) is 23.3 Å². The van der Waals surface area contributed by atoms with Gasteiger partial charge in [0.15, 0.2) is 0 Å². The molecule has 0 saturated heterocycles. The largest absolute Gasteiger partial charge is 0.496 e. The molecule has 0 aliphatic rings. The molecule has 0 saturated carbocycles. The van der Waals surface area contributed by atoms with E-state index in [2.05, 4.69) is 18.3 Å². The average Bonchev–Trinajstić information content (AvgIpc) is 2.44. The summed E-state index contributed by atoms with van der Waals surface area (Å²) in [5, 5.41) is 2.92. The van der Waals surface area contributed by atoms with Crippen LogP contribution in [0.2, 0.25) is 0 Å². The molecule has 1 rings (SSSR count). The normalized spacial score (nSPS) is 12.0. The Morgan fingerprint density at radius 3 is 2.79 bits per heavy atom. The van der Waals surface area contributed by atoms with Crippen LogP contribution < -0.4 is 15.8 Å². The van der Waals surface area contributed by atoms with Crippen LogP contribution in [0.1, 0.15) is 31.4 Å². The summed E-state index contributed by atoms with van der Waals surface area (Å²) in [4.78, 5) is 11.7. The number of amides is 1. The molecule has 0 aliphatic carbocycles. The van der Waals surface area contributed by atoms with E-state index in [0.29, 0.717) is 19.5 Å². The lowest BCUT2D eigenvalue weighted by molar-refractivity contribution is -0.122. The molecule has 1 aromatic carbocycles. The predicted octanol–water partition coefficient (Wildman–Crippen LogP) is 1.86. The highest BCUT2D eigenvalue weighted by molar-refractivity contribution is 5.76. The molecule has 0 fully saturated rings. The van der Waals surface area contributed by atoms with Crippen LogP contribution in [0.15, 0.2) is 18.2 Å². The minimum absolute atomic E-state index is 0.0480. The molecular weight excluding hydrogens is 240 g/mol. The Bertz CT molecular complexity index is 419. The van der Waals surface area contributed by atoms with Gasteiger partial charge in [-0.15, -0.1) is 0 Å². The molecule has 0 heterocycles. The molecule has 1 amide bonds. The highest BCUT2D eigenvalue weighted by Gasteiger charge is 2.08. The van der Waals surface area contributed by atoms with Gasteiger partial charge in [-0.25, -0.2) is 0 Å². The number of ether oxygens (including phenoxy) is 1. The fourth-order valence-electron chi connectivity index (χ4n) is 1.89. The molecule has 4 heteroatoms. The van der Waals surface area contributed by atoms with E-state index in [1.807, 2.05) is 19.1 Å². The first-order chi connectivity index (χ1) is 9.10. The molecule has 1 atom stereocenters. The van der Waals surface area contributed by atoms with Crippen LogP contribution in [0.3, 0.4) is 0 Å². The van der Waals surface area contributed by atoms with Crippen LogP contribution in [-0.4, -0.2) is 19.6 Å². The van der Waals surface area contributed by atoms with E-state index in [1.54, 1.807) is 7.11 Å². The van der Waals surface area contributed by atoms with Crippen LogP contribution in [-0.2, 0) is 17.8 Å². The van der Waals surface area contributed by atoms with Gasteiger partial charge in [0, 0.05) is 13.0 Å². The first kappa shape index (κ1) is 15.5. The van der Waals surface area contributed by atoms with Crippen molar-refractivity contribution in [3.05, 3.63) is 29.3 Å². The van der Waals surface area contributed by atoms with Gasteiger partial charge in [-0.1, -0.05) is 26.0 Å². The van der Waals surface area contributed by atoms with Crippen molar-refractivity contribution in [2.75, 3.05) is 13.7 Å². The van der Waals surface area contributed by atoms with Crippen LogP contribution in [0.4, 0.5) is 0 Å². The van der Waals surface area contributed by atoms with Gasteiger partial charge < -0.3 is 15.8 Å². The maximum atomic E-state index is 11.7. The maximum absolute atomic E-state index is 11.7. The lowest BCUT2D eigenvalue weighted by Gasteiger charge is -2.11. The Morgan fingerprint density at radius 2 is 2.21 bits per heavy atom. The molecule has 0 aliphatic heterocycles. The van der Waals surface area contributed by atoms with Crippen LogP contribution >= 0.6 is 0 Å². The molecule has 106 valence electrons. The van der Waals surface area contributed by atoms with E-state index in [1.165, 1.54) is 0 Å². The highest BCUT2D eigenvalue weighted by Crippen LogP contribution is 2.20. The standard InChI is InChI=1S/C15H24N2O2/c1-4-13-8-12(5-6-14(13)19-3)10-17-15(18)7-11(2)9-16/h5-6,8,11H,4,7,9-10,16H2,1-3H3,(H,17,18). The number of aryl methyl sites for hydroxylation is 1. The zero-order valence-electron chi connectivity index (χ0n) is 12.0. The number of nitrogens with two attached hydrogens (primary N) is 1. The van der Waals surface area contributed by atoms with Gasteiger partial charge in [0.2, 0.25) is 5.91 Å². The number of carbonyl (C=O) groups is 1. The van der Waals surface area contributed by atoms with E-state index in [9.17, 15) is 4.79 Å². The number of benzene rings is 1. The summed E-state index contributed by atoms with van der Waals surface area (Å²) in [5.41, 5.74) is 7.75. The fourth-order valence-corrected chi connectivity index (χ4v) is 1.89. The minimum atomic E-state index is 0.0480. The number of hydrogen-bond acceptors (Lipinski definition) is 3. The summed E-state index contributed by atoms with van der Waals surface area (Å²) in [6, 6.07) is 6.00.